The Morgan fingerprint density at radius 1 is 1.50 bits per heavy atom. The van der Waals surface area contributed by atoms with Gasteiger partial charge in [0.1, 0.15) is 0 Å². The summed E-state index contributed by atoms with van der Waals surface area (Å²) in [5, 5.41) is 0. The summed E-state index contributed by atoms with van der Waals surface area (Å²) in [5.74, 6) is 0. The molecule has 1 aliphatic heterocycles. The third-order valence-electron chi connectivity index (χ3n) is 2.97. The van der Waals surface area contributed by atoms with Crippen LogP contribution in [0.2, 0.25) is 0 Å². The summed E-state index contributed by atoms with van der Waals surface area (Å²) in [5.41, 5.74) is 6.13. The quantitative estimate of drug-likeness (QED) is 0.744. The molecule has 1 heterocycles. The van der Waals surface area contributed by atoms with Crippen molar-refractivity contribution in [3.05, 3.63) is 0 Å². The maximum absolute atomic E-state index is 6.13. The van der Waals surface area contributed by atoms with Crippen LogP contribution in [-0.4, -0.2) is 42.8 Å². The molecule has 3 heteroatoms. The van der Waals surface area contributed by atoms with Crippen LogP contribution in [0.4, 0.5) is 0 Å². The second-order valence-corrected chi connectivity index (χ2v) is 4.39. The predicted octanol–water partition coefficient (Wildman–Crippen LogP) is 1.22. The largest absolute Gasteiger partial charge is 0.377 e. The molecule has 2 atom stereocenters. The van der Waals surface area contributed by atoms with Gasteiger partial charge >= 0.3 is 0 Å². The fourth-order valence-electron chi connectivity index (χ4n) is 2.08. The summed E-state index contributed by atoms with van der Waals surface area (Å²) < 4.78 is 5.65. The minimum Gasteiger partial charge on any atom is -0.377 e. The van der Waals surface area contributed by atoms with E-state index in [1.54, 1.807) is 0 Å². The molecule has 0 bridgehead atoms. The van der Waals surface area contributed by atoms with Crippen molar-refractivity contribution in [3.8, 4) is 0 Å². The zero-order valence-corrected chi connectivity index (χ0v) is 9.70. The van der Waals surface area contributed by atoms with Crippen molar-refractivity contribution in [2.75, 3.05) is 19.7 Å². The van der Waals surface area contributed by atoms with Gasteiger partial charge in [0.2, 0.25) is 0 Å². The topological polar surface area (TPSA) is 38.5 Å². The first-order chi connectivity index (χ1) is 6.65. The molecular weight excluding hydrogens is 176 g/mol. The van der Waals surface area contributed by atoms with Crippen LogP contribution in [0, 0.1) is 0 Å². The fourth-order valence-corrected chi connectivity index (χ4v) is 2.08. The number of rotatable bonds is 3. The summed E-state index contributed by atoms with van der Waals surface area (Å²) in [7, 11) is 0. The van der Waals surface area contributed by atoms with E-state index in [1.807, 2.05) is 6.92 Å². The normalized spacial score (nSPS) is 30.6. The van der Waals surface area contributed by atoms with Gasteiger partial charge in [-0.15, -0.1) is 0 Å². The van der Waals surface area contributed by atoms with Gasteiger partial charge in [-0.3, -0.25) is 4.90 Å². The van der Waals surface area contributed by atoms with E-state index in [9.17, 15) is 0 Å². The van der Waals surface area contributed by atoms with Crippen molar-refractivity contribution in [1.82, 2.24) is 4.90 Å². The molecule has 0 aromatic carbocycles. The van der Waals surface area contributed by atoms with E-state index in [0.717, 1.165) is 26.1 Å². The van der Waals surface area contributed by atoms with E-state index >= 15 is 0 Å². The Labute approximate surface area is 87.6 Å². The second kappa shape index (κ2) is 5.69. The van der Waals surface area contributed by atoms with Crippen LogP contribution in [0.3, 0.4) is 0 Å². The van der Waals surface area contributed by atoms with Crippen LogP contribution in [0.15, 0.2) is 0 Å². The summed E-state index contributed by atoms with van der Waals surface area (Å²) in [6.07, 6.45) is 2.58. The minimum absolute atomic E-state index is 0.180. The van der Waals surface area contributed by atoms with E-state index in [2.05, 4.69) is 18.7 Å². The van der Waals surface area contributed by atoms with Crippen LogP contribution in [-0.2, 0) is 4.74 Å². The standard InChI is InChI=1S/C11H24N2O/c1-4-14-11-6-5-7-13(9(2)3)8-10(11)12/h9-11H,4-8,12H2,1-3H3/t10-,11+/m1/s1. The SMILES string of the molecule is CCO[C@H]1CCCN(C(C)C)C[C@H]1N. The highest BCUT2D eigenvalue weighted by molar-refractivity contribution is 4.82. The van der Waals surface area contributed by atoms with Crippen LogP contribution < -0.4 is 5.73 Å². The maximum atomic E-state index is 6.13. The maximum Gasteiger partial charge on any atom is 0.0738 e. The van der Waals surface area contributed by atoms with E-state index in [4.69, 9.17) is 10.5 Å². The highest BCUT2D eigenvalue weighted by atomic mass is 16.5. The van der Waals surface area contributed by atoms with Crippen molar-refractivity contribution in [2.45, 2.75) is 51.8 Å². The lowest BCUT2D eigenvalue weighted by Gasteiger charge is -2.28. The molecule has 1 saturated heterocycles. The molecule has 0 aromatic rings. The number of likely N-dealkylation sites (tertiary alicyclic amines) is 1. The molecule has 14 heavy (non-hydrogen) atoms. The lowest BCUT2D eigenvalue weighted by molar-refractivity contribution is 0.0384. The third kappa shape index (κ3) is 3.23. The molecule has 0 saturated carbocycles. The van der Waals surface area contributed by atoms with Gasteiger partial charge in [-0.05, 0) is 40.2 Å². The number of nitrogens with zero attached hydrogens (tertiary/aromatic N) is 1. The minimum atomic E-state index is 0.180. The lowest BCUT2D eigenvalue weighted by atomic mass is 10.1. The summed E-state index contributed by atoms with van der Waals surface area (Å²) in [6.45, 7) is 9.41. The first-order valence-electron chi connectivity index (χ1n) is 5.76. The van der Waals surface area contributed by atoms with Gasteiger partial charge in [0.15, 0.2) is 0 Å². The predicted molar refractivity (Wildman–Crippen MR) is 59.3 cm³/mol. The highest BCUT2D eigenvalue weighted by Crippen LogP contribution is 2.15. The second-order valence-electron chi connectivity index (χ2n) is 4.39. The van der Waals surface area contributed by atoms with Crippen molar-refractivity contribution in [2.24, 2.45) is 5.73 Å². The fraction of sp³-hybridized carbons (Fsp3) is 1.00. The van der Waals surface area contributed by atoms with Gasteiger partial charge in [-0.2, -0.15) is 0 Å². The molecule has 0 amide bonds. The molecule has 3 nitrogen and oxygen atoms in total. The van der Waals surface area contributed by atoms with Crippen LogP contribution in [0.5, 0.6) is 0 Å². The first kappa shape index (κ1) is 12.0. The molecule has 1 aliphatic rings. The Morgan fingerprint density at radius 3 is 2.79 bits per heavy atom. The smallest absolute Gasteiger partial charge is 0.0738 e. The molecule has 0 aromatic heterocycles. The molecule has 0 unspecified atom stereocenters. The average molecular weight is 200 g/mol. The van der Waals surface area contributed by atoms with Crippen LogP contribution in [0.25, 0.3) is 0 Å². The van der Waals surface area contributed by atoms with Crippen molar-refractivity contribution in [1.29, 1.82) is 0 Å². The van der Waals surface area contributed by atoms with Crippen molar-refractivity contribution >= 4 is 0 Å². The molecule has 2 N–H and O–H groups in total. The summed E-state index contributed by atoms with van der Waals surface area (Å²) in [6, 6.07) is 0.779. The van der Waals surface area contributed by atoms with Gasteiger partial charge in [0.05, 0.1) is 6.10 Å². The van der Waals surface area contributed by atoms with Crippen molar-refractivity contribution in [3.63, 3.8) is 0 Å². The number of nitrogens with two attached hydrogens (primary N) is 1. The summed E-state index contributed by atoms with van der Waals surface area (Å²) in [4.78, 5) is 2.45. The Hall–Kier alpha value is -0.120. The van der Waals surface area contributed by atoms with Crippen LogP contribution >= 0.6 is 0 Å². The van der Waals surface area contributed by atoms with E-state index in [1.165, 1.54) is 6.42 Å². The van der Waals surface area contributed by atoms with Gasteiger partial charge in [-0.1, -0.05) is 0 Å². The van der Waals surface area contributed by atoms with E-state index in [-0.39, 0.29) is 12.1 Å². The van der Waals surface area contributed by atoms with Gasteiger partial charge in [-0.25, -0.2) is 0 Å². The molecule has 0 spiro atoms. The Morgan fingerprint density at radius 2 is 2.21 bits per heavy atom. The summed E-state index contributed by atoms with van der Waals surface area (Å²) >= 11 is 0. The molecule has 84 valence electrons. The molecule has 1 rings (SSSR count). The zero-order valence-electron chi connectivity index (χ0n) is 9.70. The third-order valence-corrected chi connectivity index (χ3v) is 2.97. The average Bonchev–Trinajstić information content (AvgIpc) is 2.30. The molecule has 0 aliphatic carbocycles. The molecular formula is C11H24N2O. The van der Waals surface area contributed by atoms with Gasteiger partial charge in [0, 0.05) is 25.2 Å². The number of hydrogen-bond acceptors (Lipinski definition) is 3. The first-order valence-corrected chi connectivity index (χ1v) is 5.76. The highest BCUT2D eigenvalue weighted by Gasteiger charge is 2.25. The Balaban J connectivity index is 2.47. The van der Waals surface area contributed by atoms with E-state index < -0.39 is 0 Å². The van der Waals surface area contributed by atoms with Gasteiger partial charge < -0.3 is 10.5 Å². The zero-order chi connectivity index (χ0) is 10.6. The van der Waals surface area contributed by atoms with Gasteiger partial charge in [0.25, 0.3) is 0 Å². The monoisotopic (exact) mass is 200 g/mol. The number of ether oxygens (including phenoxy) is 1. The Bertz CT molecular complexity index is 161. The lowest BCUT2D eigenvalue weighted by Crippen LogP contribution is -2.45. The number of hydrogen-bond donors (Lipinski definition) is 1. The van der Waals surface area contributed by atoms with Crippen LogP contribution in [0.1, 0.15) is 33.6 Å². The molecule has 0 radical (unpaired) electrons. The van der Waals surface area contributed by atoms with Crippen molar-refractivity contribution < 1.29 is 4.74 Å². The molecule has 1 fully saturated rings. The van der Waals surface area contributed by atoms with E-state index in [0.29, 0.717) is 6.04 Å². The Kier molecular flexibility index (Phi) is 4.85.